The third-order valence-electron chi connectivity index (χ3n) is 7.63. The number of anilines is 1. The van der Waals surface area contributed by atoms with Gasteiger partial charge in [0.15, 0.2) is 0 Å². The Hall–Kier alpha value is -4.19. The molecular weight excluding hydrogens is 610 g/mol. The van der Waals surface area contributed by atoms with Gasteiger partial charge in [-0.25, -0.2) is 0 Å². The first-order chi connectivity index (χ1) is 20.2. The third-order valence-corrected chi connectivity index (χ3v) is 7.63. The van der Waals surface area contributed by atoms with Crippen LogP contribution in [-0.4, -0.2) is 66.4 Å². The van der Waals surface area contributed by atoms with Crippen LogP contribution in [0.25, 0.3) is 10.9 Å². The highest BCUT2D eigenvalue weighted by Crippen LogP contribution is 2.37. The van der Waals surface area contributed by atoms with E-state index in [2.05, 4.69) is 4.98 Å². The molecule has 1 fully saturated rings. The SMILES string of the molecule is CN(C)c1ccc(C(=O)N2CCN(C(=O)c3cc(C(F)(F)F)cc(C(F)(F)F)c3)C(Cc3c[nH]c4ccccc34)C2)cc1.Cl. The number of aromatic nitrogens is 1. The number of alkyl halides is 6. The summed E-state index contributed by atoms with van der Waals surface area (Å²) in [7, 11) is 3.73. The van der Waals surface area contributed by atoms with E-state index in [9.17, 15) is 35.9 Å². The Kier molecular flexibility index (Phi) is 9.24. The second-order valence-electron chi connectivity index (χ2n) is 10.7. The fourth-order valence-electron chi connectivity index (χ4n) is 5.37. The first kappa shape index (κ1) is 32.7. The second kappa shape index (κ2) is 12.4. The number of nitrogens with one attached hydrogen (secondary N) is 1. The summed E-state index contributed by atoms with van der Waals surface area (Å²) >= 11 is 0. The number of nitrogens with zero attached hydrogens (tertiary/aromatic N) is 3. The van der Waals surface area contributed by atoms with E-state index >= 15 is 0 Å². The molecule has 0 saturated carbocycles. The Morgan fingerprint density at radius 2 is 1.45 bits per heavy atom. The van der Waals surface area contributed by atoms with Gasteiger partial charge in [-0.1, -0.05) is 18.2 Å². The summed E-state index contributed by atoms with van der Waals surface area (Å²) in [6, 6.07) is 14.5. The minimum absolute atomic E-state index is 0. The number of aromatic amines is 1. The van der Waals surface area contributed by atoms with E-state index in [-0.39, 0.29) is 50.4 Å². The minimum Gasteiger partial charge on any atom is -0.378 e. The van der Waals surface area contributed by atoms with E-state index in [1.807, 2.05) is 43.3 Å². The number of amides is 2. The van der Waals surface area contributed by atoms with E-state index in [1.165, 1.54) is 4.90 Å². The van der Waals surface area contributed by atoms with Gasteiger partial charge in [0.2, 0.25) is 0 Å². The molecule has 4 aromatic rings. The van der Waals surface area contributed by atoms with Crippen molar-refractivity contribution in [1.82, 2.24) is 14.8 Å². The van der Waals surface area contributed by atoms with Gasteiger partial charge in [-0.3, -0.25) is 9.59 Å². The Morgan fingerprint density at radius 3 is 2.05 bits per heavy atom. The molecule has 6 nitrogen and oxygen atoms in total. The highest BCUT2D eigenvalue weighted by molar-refractivity contribution is 5.97. The number of halogens is 7. The maximum absolute atomic E-state index is 13.7. The van der Waals surface area contributed by atoms with Crippen LogP contribution in [0.1, 0.15) is 37.4 Å². The Labute approximate surface area is 255 Å². The molecule has 1 atom stereocenters. The van der Waals surface area contributed by atoms with Crippen LogP contribution in [-0.2, 0) is 18.8 Å². The number of benzene rings is 3. The van der Waals surface area contributed by atoms with Crippen molar-refractivity contribution in [3.05, 3.63) is 101 Å². The van der Waals surface area contributed by atoms with Crippen LogP contribution < -0.4 is 4.90 Å². The molecule has 0 bridgehead atoms. The summed E-state index contributed by atoms with van der Waals surface area (Å²) in [6.07, 6.45) is -8.22. The second-order valence-corrected chi connectivity index (χ2v) is 10.7. The molecule has 2 amide bonds. The van der Waals surface area contributed by atoms with Gasteiger partial charge in [0.25, 0.3) is 11.8 Å². The molecule has 13 heteroatoms. The van der Waals surface area contributed by atoms with Crippen molar-refractivity contribution in [1.29, 1.82) is 0 Å². The predicted octanol–water partition coefficient (Wildman–Crippen LogP) is 6.90. The standard InChI is InChI=1S/C31H28F6N4O2.ClH/c1-39(2)24-9-7-19(8-10-24)28(42)40-11-12-41(25(18-40)15-21-17-38-27-6-4-3-5-26(21)27)29(43)20-13-22(30(32,33)34)16-23(14-20)31(35,36)37;/h3-10,13-14,16-17,25,38H,11-12,15,18H2,1-2H3;1H. The van der Waals surface area contributed by atoms with E-state index in [1.54, 1.807) is 35.4 Å². The predicted molar refractivity (Wildman–Crippen MR) is 157 cm³/mol. The number of para-hydroxylation sites is 1. The van der Waals surface area contributed by atoms with Crippen molar-refractivity contribution in [3.63, 3.8) is 0 Å². The first-order valence-electron chi connectivity index (χ1n) is 13.4. The summed E-state index contributed by atoms with van der Waals surface area (Å²) in [5.74, 6) is -1.26. The number of piperazine rings is 1. The lowest BCUT2D eigenvalue weighted by Crippen LogP contribution is -2.57. The average molecular weight is 639 g/mol. The van der Waals surface area contributed by atoms with Crippen molar-refractivity contribution < 1.29 is 35.9 Å². The number of carbonyl (C=O) groups excluding carboxylic acids is 2. The van der Waals surface area contributed by atoms with Crippen LogP contribution in [0.2, 0.25) is 0 Å². The normalized spacial score (nSPS) is 15.7. The fourth-order valence-corrected chi connectivity index (χ4v) is 5.37. The van der Waals surface area contributed by atoms with Gasteiger partial charge in [0, 0.05) is 67.6 Å². The molecule has 234 valence electrons. The maximum Gasteiger partial charge on any atom is 0.416 e. The van der Waals surface area contributed by atoms with Gasteiger partial charge in [0.05, 0.1) is 17.2 Å². The largest absolute Gasteiger partial charge is 0.416 e. The molecule has 0 aliphatic carbocycles. The number of fused-ring (bicyclic) bond motifs is 1. The minimum atomic E-state index is -5.09. The van der Waals surface area contributed by atoms with Gasteiger partial charge in [-0.05, 0) is 60.5 Å². The zero-order chi connectivity index (χ0) is 31.1. The molecular formula is C31H29ClF6N4O2. The quantitative estimate of drug-likeness (QED) is 0.242. The van der Waals surface area contributed by atoms with E-state index in [0.29, 0.717) is 17.7 Å². The van der Waals surface area contributed by atoms with Crippen LogP contribution >= 0.6 is 12.4 Å². The lowest BCUT2D eigenvalue weighted by Gasteiger charge is -2.42. The number of carbonyl (C=O) groups is 2. The molecule has 3 aromatic carbocycles. The third kappa shape index (κ3) is 6.80. The van der Waals surface area contributed by atoms with Crippen molar-refractivity contribution in [2.45, 2.75) is 24.8 Å². The zero-order valence-electron chi connectivity index (χ0n) is 23.7. The lowest BCUT2D eigenvalue weighted by atomic mass is 9.98. The van der Waals surface area contributed by atoms with Crippen LogP contribution in [0.15, 0.2) is 72.9 Å². The van der Waals surface area contributed by atoms with E-state index < -0.39 is 41.0 Å². The molecule has 1 aliphatic heterocycles. The summed E-state index contributed by atoms with van der Waals surface area (Å²) in [5.41, 5.74) is -0.906. The Balaban J connectivity index is 0.00000442. The van der Waals surface area contributed by atoms with Crippen molar-refractivity contribution in [3.8, 4) is 0 Å². The summed E-state index contributed by atoms with van der Waals surface area (Å²) in [4.78, 5) is 35.0. The highest BCUT2D eigenvalue weighted by atomic mass is 35.5. The van der Waals surface area contributed by atoms with Gasteiger partial charge < -0.3 is 19.7 Å². The monoisotopic (exact) mass is 638 g/mol. The Morgan fingerprint density at radius 1 is 0.841 bits per heavy atom. The molecule has 0 radical (unpaired) electrons. The van der Waals surface area contributed by atoms with Gasteiger partial charge in [-0.15, -0.1) is 12.4 Å². The number of H-pyrrole nitrogens is 1. The molecule has 1 N–H and O–H groups in total. The summed E-state index contributed by atoms with van der Waals surface area (Å²) in [5, 5.41) is 0.857. The molecule has 2 heterocycles. The fraction of sp³-hybridized carbons (Fsp3) is 0.290. The van der Waals surface area contributed by atoms with E-state index in [4.69, 9.17) is 0 Å². The number of hydrogen-bond acceptors (Lipinski definition) is 3. The summed E-state index contributed by atoms with van der Waals surface area (Å²) < 4.78 is 81.3. The highest BCUT2D eigenvalue weighted by Gasteiger charge is 2.39. The van der Waals surface area contributed by atoms with Crippen LogP contribution in [0.5, 0.6) is 0 Å². The van der Waals surface area contributed by atoms with Crippen LogP contribution in [0.3, 0.4) is 0 Å². The molecule has 44 heavy (non-hydrogen) atoms. The smallest absolute Gasteiger partial charge is 0.378 e. The molecule has 5 rings (SSSR count). The lowest BCUT2D eigenvalue weighted by molar-refractivity contribution is -0.143. The molecule has 1 aromatic heterocycles. The summed E-state index contributed by atoms with van der Waals surface area (Å²) in [6.45, 7) is 0.00501. The average Bonchev–Trinajstić information content (AvgIpc) is 3.38. The molecule has 1 unspecified atom stereocenters. The Bertz CT molecular complexity index is 1620. The van der Waals surface area contributed by atoms with Gasteiger partial charge in [-0.2, -0.15) is 26.3 Å². The van der Waals surface area contributed by atoms with Crippen LogP contribution in [0.4, 0.5) is 32.0 Å². The van der Waals surface area contributed by atoms with Crippen molar-refractivity contribution in [2.24, 2.45) is 0 Å². The van der Waals surface area contributed by atoms with Gasteiger partial charge >= 0.3 is 12.4 Å². The molecule has 1 aliphatic rings. The number of hydrogen-bond donors (Lipinski definition) is 1. The topological polar surface area (TPSA) is 59.7 Å². The van der Waals surface area contributed by atoms with Gasteiger partial charge in [0.1, 0.15) is 0 Å². The molecule has 0 spiro atoms. The van der Waals surface area contributed by atoms with Crippen molar-refractivity contribution >= 4 is 40.8 Å². The molecule has 1 saturated heterocycles. The first-order valence-corrected chi connectivity index (χ1v) is 13.4. The van der Waals surface area contributed by atoms with Crippen LogP contribution in [0, 0.1) is 0 Å². The zero-order valence-corrected chi connectivity index (χ0v) is 24.5. The van der Waals surface area contributed by atoms with Crippen molar-refractivity contribution in [2.75, 3.05) is 38.6 Å². The van der Waals surface area contributed by atoms with E-state index in [0.717, 1.165) is 22.2 Å². The number of rotatable bonds is 5. The maximum atomic E-state index is 13.7.